The maximum Gasteiger partial charge on any atom is 0.194 e. The van der Waals surface area contributed by atoms with Crippen LogP contribution in [0.15, 0.2) is 29.3 Å². The normalized spacial score (nSPS) is 14.9. The molecule has 22 heavy (non-hydrogen) atoms. The van der Waals surface area contributed by atoms with E-state index in [4.69, 9.17) is 0 Å². The second-order valence-corrected chi connectivity index (χ2v) is 6.88. The van der Waals surface area contributed by atoms with Crippen LogP contribution in [-0.2, 0) is 19.5 Å². The van der Waals surface area contributed by atoms with E-state index in [-0.39, 0.29) is 0 Å². The summed E-state index contributed by atoms with van der Waals surface area (Å²) >= 11 is 1.75. The van der Waals surface area contributed by atoms with Gasteiger partial charge in [0.1, 0.15) is 5.01 Å². The highest BCUT2D eigenvalue weighted by atomic mass is 32.1. The smallest absolute Gasteiger partial charge is 0.194 e. The fourth-order valence-electron chi connectivity index (χ4n) is 2.78. The summed E-state index contributed by atoms with van der Waals surface area (Å²) in [7, 11) is 1.85. The van der Waals surface area contributed by atoms with Gasteiger partial charge in [0, 0.05) is 25.0 Å². The number of nitrogens with one attached hydrogen (secondary N) is 1. The number of benzene rings is 1. The number of rotatable bonds is 2. The van der Waals surface area contributed by atoms with Crippen LogP contribution in [0.4, 0.5) is 0 Å². The maximum absolute atomic E-state index is 4.58. The topological polar surface area (TPSA) is 40.5 Å². The number of aliphatic imine (C=N–C) groups is 1. The Morgan fingerprint density at radius 2 is 2.09 bits per heavy atom. The molecule has 1 aliphatic rings. The zero-order chi connectivity index (χ0) is 15.5. The molecule has 1 aliphatic heterocycles. The van der Waals surface area contributed by atoms with Crippen molar-refractivity contribution >= 4 is 17.3 Å². The second kappa shape index (κ2) is 6.48. The van der Waals surface area contributed by atoms with Gasteiger partial charge in [-0.2, -0.15) is 0 Å². The molecule has 0 saturated carbocycles. The summed E-state index contributed by atoms with van der Waals surface area (Å²) in [6, 6.07) is 8.67. The second-order valence-electron chi connectivity index (χ2n) is 5.59. The van der Waals surface area contributed by atoms with Gasteiger partial charge in [-0.1, -0.05) is 24.3 Å². The first-order valence-corrected chi connectivity index (χ1v) is 8.44. The fourth-order valence-corrected chi connectivity index (χ4v) is 3.65. The number of guanidine groups is 1. The van der Waals surface area contributed by atoms with Gasteiger partial charge < -0.3 is 10.2 Å². The molecule has 4 nitrogen and oxygen atoms in total. The molecule has 0 bridgehead atoms. The maximum atomic E-state index is 4.58. The van der Waals surface area contributed by atoms with E-state index in [2.05, 4.69) is 58.3 Å². The third kappa shape index (κ3) is 3.14. The predicted molar refractivity (Wildman–Crippen MR) is 92.3 cm³/mol. The minimum atomic E-state index is 0.740. The Balaban J connectivity index is 1.65. The molecular formula is C17H22N4S. The molecule has 0 aliphatic carbocycles. The van der Waals surface area contributed by atoms with Crippen LogP contribution in [-0.4, -0.2) is 29.4 Å². The van der Waals surface area contributed by atoms with Crippen molar-refractivity contribution in [1.82, 2.24) is 15.2 Å². The molecule has 2 heterocycles. The summed E-state index contributed by atoms with van der Waals surface area (Å²) in [5, 5.41) is 4.57. The molecule has 0 unspecified atom stereocenters. The van der Waals surface area contributed by atoms with Crippen LogP contribution in [0.1, 0.15) is 26.7 Å². The number of nitrogens with zero attached hydrogens (tertiary/aromatic N) is 3. The first-order valence-electron chi connectivity index (χ1n) is 7.62. The van der Waals surface area contributed by atoms with E-state index < -0.39 is 0 Å². The Morgan fingerprint density at radius 3 is 2.77 bits per heavy atom. The average molecular weight is 314 g/mol. The molecule has 0 spiro atoms. The summed E-state index contributed by atoms with van der Waals surface area (Å²) in [5.74, 6) is 0.958. The lowest BCUT2D eigenvalue weighted by Gasteiger charge is -2.31. The zero-order valence-electron chi connectivity index (χ0n) is 13.4. The lowest BCUT2D eigenvalue weighted by molar-refractivity contribution is 0.378. The number of hydrogen-bond donors (Lipinski definition) is 1. The van der Waals surface area contributed by atoms with E-state index in [1.54, 1.807) is 11.3 Å². The van der Waals surface area contributed by atoms with Gasteiger partial charge in [-0.05, 0) is 31.4 Å². The molecule has 0 amide bonds. The van der Waals surface area contributed by atoms with E-state index in [1.165, 1.54) is 16.0 Å². The van der Waals surface area contributed by atoms with Gasteiger partial charge in [-0.25, -0.2) is 4.98 Å². The summed E-state index contributed by atoms with van der Waals surface area (Å²) in [4.78, 5) is 12.6. The molecule has 0 atom stereocenters. The highest BCUT2D eigenvalue weighted by Crippen LogP contribution is 2.19. The molecule has 1 N–H and O–H groups in total. The van der Waals surface area contributed by atoms with Crippen LogP contribution in [0, 0.1) is 13.8 Å². The van der Waals surface area contributed by atoms with Gasteiger partial charge >= 0.3 is 0 Å². The third-order valence-electron chi connectivity index (χ3n) is 4.11. The largest absolute Gasteiger partial charge is 0.350 e. The first kappa shape index (κ1) is 15.0. The van der Waals surface area contributed by atoms with Gasteiger partial charge in [0.15, 0.2) is 5.96 Å². The summed E-state index contributed by atoms with van der Waals surface area (Å²) < 4.78 is 0. The molecule has 1 aromatic carbocycles. The van der Waals surface area contributed by atoms with Gasteiger partial charge in [-0.15, -0.1) is 11.3 Å². The molecular weight excluding hydrogens is 292 g/mol. The number of thiazole rings is 1. The van der Waals surface area contributed by atoms with Crippen molar-refractivity contribution in [2.45, 2.75) is 33.4 Å². The van der Waals surface area contributed by atoms with Crippen LogP contribution >= 0.6 is 11.3 Å². The van der Waals surface area contributed by atoms with Crippen molar-refractivity contribution in [2.75, 3.05) is 13.6 Å². The van der Waals surface area contributed by atoms with E-state index in [0.29, 0.717) is 0 Å². The third-order valence-corrected chi connectivity index (χ3v) is 5.19. The number of aromatic nitrogens is 1. The minimum Gasteiger partial charge on any atom is -0.350 e. The first-order chi connectivity index (χ1) is 10.7. The molecule has 0 radical (unpaired) electrons. The highest BCUT2D eigenvalue weighted by molar-refractivity contribution is 7.11. The average Bonchev–Trinajstić information content (AvgIpc) is 2.86. The Morgan fingerprint density at radius 1 is 1.32 bits per heavy atom. The molecule has 0 saturated heterocycles. The molecule has 116 valence electrons. The van der Waals surface area contributed by atoms with Crippen LogP contribution in [0.25, 0.3) is 0 Å². The van der Waals surface area contributed by atoms with E-state index in [9.17, 15) is 0 Å². The molecule has 2 aromatic rings. The zero-order valence-corrected chi connectivity index (χ0v) is 14.2. The van der Waals surface area contributed by atoms with E-state index >= 15 is 0 Å². The van der Waals surface area contributed by atoms with Crippen LogP contribution in [0.3, 0.4) is 0 Å². The highest BCUT2D eigenvalue weighted by Gasteiger charge is 2.18. The number of aryl methyl sites for hydroxylation is 2. The molecule has 0 fully saturated rings. The van der Waals surface area contributed by atoms with E-state index in [1.807, 2.05) is 7.05 Å². The summed E-state index contributed by atoms with van der Waals surface area (Å²) in [5.41, 5.74) is 3.99. The Labute approximate surface area is 135 Å². The van der Waals surface area contributed by atoms with Crippen LogP contribution < -0.4 is 5.32 Å². The van der Waals surface area contributed by atoms with Crippen molar-refractivity contribution in [3.63, 3.8) is 0 Å². The molecule has 5 heteroatoms. The molecule has 1 aromatic heterocycles. The van der Waals surface area contributed by atoms with Crippen molar-refractivity contribution in [3.05, 3.63) is 51.0 Å². The summed E-state index contributed by atoms with van der Waals surface area (Å²) in [6.45, 7) is 6.85. The fraction of sp³-hybridized carbons (Fsp3) is 0.412. The van der Waals surface area contributed by atoms with E-state index in [0.717, 1.165) is 42.7 Å². The lowest BCUT2D eigenvalue weighted by Crippen LogP contribution is -2.43. The molecule has 3 rings (SSSR count). The predicted octanol–water partition coefficient (Wildman–Crippen LogP) is 2.89. The number of fused-ring (bicyclic) bond motifs is 1. The van der Waals surface area contributed by atoms with Gasteiger partial charge in [0.05, 0.1) is 12.2 Å². The Hall–Kier alpha value is -1.88. The van der Waals surface area contributed by atoms with Crippen molar-refractivity contribution in [1.29, 1.82) is 0 Å². The van der Waals surface area contributed by atoms with Crippen LogP contribution in [0.2, 0.25) is 0 Å². The monoisotopic (exact) mass is 314 g/mol. The Bertz CT molecular complexity index is 670. The van der Waals surface area contributed by atoms with Gasteiger partial charge in [0.25, 0.3) is 0 Å². The SMILES string of the molecule is CN=C(NCc1nc(C)c(C)s1)N1CCc2ccccc2C1. The lowest BCUT2D eigenvalue weighted by atomic mass is 10.0. The van der Waals surface area contributed by atoms with Crippen molar-refractivity contribution < 1.29 is 0 Å². The standard InChI is InChI=1S/C17H22N4S/c1-12-13(2)22-16(20-12)10-19-17(18-3)21-9-8-14-6-4-5-7-15(14)11-21/h4-7H,8-11H2,1-3H3,(H,18,19). The Kier molecular flexibility index (Phi) is 4.43. The van der Waals surface area contributed by atoms with Crippen molar-refractivity contribution in [2.24, 2.45) is 4.99 Å². The number of hydrogen-bond acceptors (Lipinski definition) is 3. The minimum absolute atomic E-state index is 0.740. The quantitative estimate of drug-likeness (QED) is 0.684. The van der Waals surface area contributed by atoms with Gasteiger partial charge in [-0.3, -0.25) is 4.99 Å². The van der Waals surface area contributed by atoms with Crippen LogP contribution in [0.5, 0.6) is 0 Å². The van der Waals surface area contributed by atoms with Crippen molar-refractivity contribution in [3.8, 4) is 0 Å². The van der Waals surface area contributed by atoms with Gasteiger partial charge in [0.2, 0.25) is 0 Å². The summed E-state index contributed by atoms with van der Waals surface area (Å²) in [6.07, 6.45) is 1.08.